The van der Waals surface area contributed by atoms with Crippen LogP contribution in [0.25, 0.3) is 31.4 Å². The molecule has 2 heteroatoms. The number of pyridine rings is 1. The van der Waals surface area contributed by atoms with E-state index >= 15 is 0 Å². The summed E-state index contributed by atoms with van der Waals surface area (Å²) in [5.74, 6) is 0. The van der Waals surface area contributed by atoms with Gasteiger partial charge in [0.05, 0.1) is 10.6 Å². The number of benzene rings is 2. The van der Waals surface area contributed by atoms with Crippen molar-refractivity contribution in [3.8, 4) is 10.6 Å². The maximum Gasteiger partial charge on any atom is 0.0802 e. The molecule has 2 aromatic heterocycles. The van der Waals surface area contributed by atoms with Crippen LogP contribution in [0.2, 0.25) is 0 Å². The number of nitrogens with zero attached hydrogens (tertiary/aromatic N) is 1. The molecule has 0 N–H and O–H groups in total. The Bertz CT molecular complexity index is 862. The molecule has 0 amide bonds. The van der Waals surface area contributed by atoms with Crippen molar-refractivity contribution in [2.45, 2.75) is 0 Å². The van der Waals surface area contributed by atoms with E-state index in [2.05, 4.69) is 53.5 Å². The van der Waals surface area contributed by atoms with Crippen LogP contribution in [0.5, 0.6) is 0 Å². The van der Waals surface area contributed by atoms with E-state index in [1.54, 1.807) is 0 Å². The molecule has 1 nitrogen and oxygen atoms in total. The topological polar surface area (TPSA) is 12.9 Å². The normalized spacial score (nSPS) is 11.2. The quantitative estimate of drug-likeness (QED) is 0.463. The lowest BCUT2D eigenvalue weighted by molar-refractivity contribution is 1.34. The molecule has 0 radical (unpaired) electrons. The van der Waals surface area contributed by atoms with Crippen molar-refractivity contribution in [2.24, 2.45) is 0 Å². The largest absolute Gasteiger partial charge is 0.255 e. The summed E-state index contributed by atoms with van der Waals surface area (Å²) in [4.78, 5) is 5.66. The molecule has 2 heterocycles. The fourth-order valence-corrected chi connectivity index (χ4v) is 3.57. The molecule has 0 atom stereocenters. The number of hydrogen-bond acceptors (Lipinski definition) is 2. The Hall–Kier alpha value is -2.19. The first-order chi connectivity index (χ1) is 9.42. The van der Waals surface area contributed by atoms with Crippen molar-refractivity contribution in [1.82, 2.24) is 4.98 Å². The first-order valence-corrected chi connectivity index (χ1v) is 7.06. The van der Waals surface area contributed by atoms with Gasteiger partial charge in [0.2, 0.25) is 0 Å². The molecule has 0 spiro atoms. The second kappa shape index (κ2) is 4.18. The van der Waals surface area contributed by atoms with Crippen molar-refractivity contribution in [2.75, 3.05) is 0 Å². The highest BCUT2D eigenvalue weighted by Gasteiger charge is 2.07. The number of aromatic nitrogens is 1. The van der Waals surface area contributed by atoms with E-state index in [4.69, 9.17) is 0 Å². The van der Waals surface area contributed by atoms with Gasteiger partial charge in [0.15, 0.2) is 0 Å². The van der Waals surface area contributed by atoms with Crippen LogP contribution in [0.3, 0.4) is 0 Å². The molecule has 0 aliphatic heterocycles. The maximum absolute atomic E-state index is 4.43. The highest BCUT2D eigenvalue weighted by molar-refractivity contribution is 7.23. The van der Waals surface area contributed by atoms with Crippen molar-refractivity contribution >= 4 is 32.2 Å². The van der Waals surface area contributed by atoms with Crippen LogP contribution in [0.1, 0.15) is 0 Å². The highest BCUT2D eigenvalue weighted by Crippen LogP contribution is 2.36. The maximum atomic E-state index is 4.43. The van der Waals surface area contributed by atoms with Crippen LogP contribution in [-0.2, 0) is 0 Å². The summed E-state index contributed by atoms with van der Waals surface area (Å²) in [6, 6.07) is 21.2. The molecule has 0 aliphatic rings. The van der Waals surface area contributed by atoms with Crippen LogP contribution in [0, 0.1) is 0 Å². The summed E-state index contributed by atoms with van der Waals surface area (Å²) >= 11 is 1.82. The average Bonchev–Trinajstić information content (AvgIpc) is 2.93. The van der Waals surface area contributed by atoms with E-state index in [0.717, 1.165) is 5.69 Å². The van der Waals surface area contributed by atoms with Gasteiger partial charge < -0.3 is 0 Å². The van der Waals surface area contributed by atoms with Gasteiger partial charge in [-0.2, -0.15) is 0 Å². The third-order valence-corrected chi connectivity index (χ3v) is 4.53. The van der Waals surface area contributed by atoms with Gasteiger partial charge in [-0.1, -0.05) is 42.5 Å². The molecule has 2 aromatic carbocycles. The third kappa shape index (κ3) is 1.72. The first-order valence-electron chi connectivity index (χ1n) is 6.24. The molecule has 4 aromatic rings. The second-order valence-electron chi connectivity index (χ2n) is 4.53. The van der Waals surface area contributed by atoms with Crippen LogP contribution in [-0.4, -0.2) is 4.98 Å². The zero-order chi connectivity index (χ0) is 12.7. The Morgan fingerprint density at radius 1 is 0.789 bits per heavy atom. The Morgan fingerprint density at radius 2 is 1.63 bits per heavy atom. The minimum absolute atomic E-state index is 1.05. The lowest BCUT2D eigenvalue weighted by Crippen LogP contribution is -1.75. The van der Waals surface area contributed by atoms with Gasteiger partial charge in [-0.15, -0.1) is 11.3 Å². The summed E-state index contributed by atoms with van der Waals surface area (Å²) in [5, 5.41) is 3.92. The van der Waals surface area contributed by atoms with Crippen molar-refractivity contribution < 1.29 is 0 Å². The van der Waals surface area contributed by atoms with E-state index < -0.39 is 0 Å². The van der Waals surface area contributed by atoms with Crippen molar-refractivity contribution in [3.05, 3.63) is 66.9 Å². The highest BCUT2D eigenvalue weighted by atomic mass is 32.1. The monoisotopic (exact) mass is 261 g/mol. The predicted molar refractivity (Wildman–Crippen MR) is 82.6 cm³/mol. The molecule has 0 saturated heterocycles. The van der Waals surface area contributed by atoms with Gasteiger partial charge in [-0.3, -0.25) is 4.98 Å². The molecule has 4 rings (SSSR count). The summed E-state index contributed by atoms with van der Waals surface area (Å²) in [6.07, 6.45) is 1.85. The van der Waals surface area contributed by atoms with Gasteiger partial charge in [0.25, 0.3) is 0 Å². The SMILES string of the molecule is c1ccc(-c2cc3ccc4ccccc4c3s2)nc1. The Balaban J connectivity index is 2.04. The lowest BCUT2D eigenvalue weighted by Gasteiger charge is -1.97. The summed E-state index contributed by atoms with van der Waals surface area (Å²) in [7, 11) is 0. The van der Waals surface area contributed by atoms with Crippen LogP contribution >= 0.6 is 11.3 Å². The number of fused-ring (bicyclic) bond motifs is 3. The van der Waals surface area contributed by atoms with Gasteiger partial charge in [-0.05, 0) is 34.4 Å². The number of rotatable bonds is 1. The van der Waals surface area contributed by atoms with Gasteiger partial charge >= 0.3 is 0 Å². The van der Waals surface area contributed by atoms with E-state index in [0.29, 0.717) is 0 Å². The second-order valence-corrected chi connectivity index (χ2v) is 5.58. The minimum atomic E-state index is 1.05. The molecule has 0 aliphatic carbocycles. The smallest absolute Gasteiger partial charge is 0.0802 e. The molecule has 0 bridgehead atoms. The summed E-state index contributed by atoms with van der Waals surface area (Å²) < 4.78 is 1.35. The summed E-state index contributed by atoms with van der Waals surface area (Å²) in [6.45, 7) is 0. The molecule has 0 unspecified atom stereocenters. The van der Waals surface area contributed by atoms with Crippen molar-refractivity contribution in [3.63, 3.8) is 0 Å². The van der Waals surface area contributed by atoms with E-state index in [9.17, 15) is 0 Å². The zero-order valence-corrected chi connectivity index (χ0v) is 11.0. The van der Waals surface area contributed by atoms with Gasteiger partial charge in [-0.25, -0.2) is 0 Å². The first kappa shape index (κ1) is 10.7. The van der Waals surface area contributed by atoms with Crippen LogP contribution in [0.4, 0.5) is 0 Å². The molecule has 0 fully saturated rings. The van der Waals surface area contributed by atoms with Crippen molar-refractivity contribution in [1.29, 1.82) is 0 Å². The number of thiophene rings is 1. The Labute approximate surface area is 115 Å². The molecule has 0 saturated carbocycles. The summed E-state index contributed by atoms with van der Waals surface area (Å²) in [5.41, 5.74) is 1.05. The number of hydrogen-bond donors (Lipinski definition) is 0. The molecular weight excluding hydrogens is 250 g/mol. The van der Waals surface area contributed by atoms with Gasteiger partial charge in [0, 0.05) is 10.9 Å². The zero-order valence-electron chi connectivity index (χ0n) is 10.2. The van der Waals surface area contributed by atoms with Gasteiger partial charge in [0.1, 0.15) is 0 Å². The van der Waals surface area contributed by atoms with E-state index in [-0.39, 0.29) is 0 Å². The average molecular weight is 261 g/mol. The van der Waals surface area contributed by atoms with E-state index in [1.807, 2.05) is 29.7 Å². The molecular formula is C17H11NS. The molecule has 19 heavy (non-hydrogen) atoms. The van der Waals surface area contributed by atoms with E-state index in [1.165, 1.54) is 25.7 Å². The minimum Gasteiger partial charge on any atom is -0.255 e. The molecule has 90 valence electrons. The third-order valence-electron chi connectivity index (χ3n) is 3.33. The lowest BCUT2D eigenvalue weighted by atomic mass is 10.1. The van der Waals surface area contributed by atoms with Crippen LogP contribution < -0.4 is 0 Å². The van der Waals surface area contributed by atoms with Crippen LogP contribution in [0.15, 0.2) is 66.9 Å². The standard InChI is InChI=1S/C17H11NS/c1-2-6-14-12(5-1)8-9-13-11-16(19-17(13)14)15-7-3-4-10-18-15/h1-11H. The fourth-order valence-electron chi connectivity index (χ4n) is 2.40. The predicted octanol–water partition coefficient (Wildman–Crippen LogP) is 5.12. The Morgan fingerprint density at radius 3 is 2.53 bits per heavy atom. The Kier molecular flexibility index (Phi) is 2.35. The fraction of sp³-hybridized carbons (Fsp3) is 0.